The van der Waals surface area contributed by atoms with Crippen molar-refractivity contribution >= 4 is 24.0 Å². The van der Waals surface area contributed by atoms with Gasteiger partial charge in [-0.15, -0.1) is 0 Å². The lowest BCUT2D eigenvalue weighted by Crippen LogP contribution is -2.60. The van der Waals surface area contributed by atoms with Gasteiger partial charge in [-0.3, -0.25) is 9.69 Å². The van der Waals surface area contributed by atoms with Crippen molar-refractivity contribution in [1.29, 1.82) is 0 Å². The summed E-state index contributed by atoms with van der Waals surface area (Å²) in [5.41, 5.74) is 4.65. The van der Waals surface area contributed by atoms with Crippen LogP contribution in [-0.2, 0) is 27.1 Å². The molecule has 0 saturated carbocycles. The molecule has 2 aromatic rings. The number of anilines is 1. The molecule has 37 heavy (non-hydrogen) atoms. The van der Waals surface area contributed by atoms with Crippen LogP contribution in [0.25, 0.3) is 0 Å². The van der Waals surface area contributed by atoms with E-state index in [9.17, 15) is 9.59 Å². The highest BCUT2D eigenvalue weighted by atomic mass is 16.5. The first kappa shape index (κ1) is 23.8. The van der Waals surface area contributed by atoms with Crippen molar-refractivity contribution in [3.05, 3.63) is 58.3 Å². The van der Waals surface area contributed by atoms with Crippen molar-refractivity contribution in [2.45, 2.75) is 37.3 Å². The fourth-order valence-electron chi connectivity index (χ4n) is 5.94. The highest BCUT2D eigenvalue weighted by Gasteiger charge is 2.39. The molecule has 0 spiro atoms. The van der Waals surface area contributed by atoms with Gasteiger partial charge in [-0.1, -0.05) is 18.2 Å². The van der Waals surface area contributed by atoms with Crippen LogP contribution < -0.4 is 16.7 Å². The predicted molar refractivity (Wildman–Crippen MR) is 136 cm³/mol. The van der Waals surface area contributed by atoms with E-state index in [0.717, 1.165) is 54.7 Å². The average Bonchev–Trinajstić information content (AvgIpc) is 3.35. The molecule has 3 aliphatic heterocycles. The summed E-state index contributed by atoms with van der Waals surface area (Å²) in [5, 5.41) is 4.70. The summed E-state index contributed by atoms with van der Waals surface area (Å²) in [6.45, 7) is 3.92. The topological polar surface area (TPSA) is 140 Å². The maximum Gasteiger partial charge on any atom is 0.338 e. The van der Waals surface area contributed by atoms with Gasteiger partial charge >= 0.3 is 5.97 Å². The number of fused-ring (bicyclic) bond motifs is 3. The Morgan fingerprint density at radius 3 is 2.95 bits per heavy atom. The normalized spacial score (nSPS) is 25.4. The Hall–Kier alpha value is -3.54. The highest BCUT2D eigenvalue weighted by molar-refractivity contribution is 5.92. The molecular weight excluding hydrogens is 474 g/mol. The van der Waals surface area contributed by atoms with Gasteiger partial charge in [0.25, 0.3) is 0 Å². The van der Waals surface area contributed by atoms with Crippen LogP contribution in [0.15, 0.2) is 35.4 Å². The molecule has 11 nitrogen and oxygen atoms in total. The number of benzene rings is 1. The molecule has 11 heteroatoms. The predicted octanol–water partition coefficient (Wildman–Crippen LogP) is 0.691. The minimum absolute atomic E-state index is 0.0462. The molecule has 1 amide bonds. The number of nitrogens with two attached hydrogens (primary N) is 2. The van der Waals surface area contributed by atoms with Crippen LogP contribution in [0.5, 0.6) is 0 Å². The maximum absolute atomic E-state index is 13.5. The maximum atomic E-state index is 13.5. The number of morpholine rings is 1. The van der Waals surface area contributed by atoms with Gasteiger partial charge in [-0.2, -0.15) is 5.10 Å². The molecule has 6 rings (SSSR count). The number of ether oxygens (including phenoxy) is 2. The van der Waals surface area contributed by atoms with Crippen molar-refractivity contribution in [1.82, 2.24) is 14.8 Å². The van der Waals surface area contributed by atoms with E-state index >= 15 is 0 Å². The summed E-state index contributed by atoms with van der Waals surface area (Å²) in [5.74, 6) is 11.3. The van der Waals surface area contributed by atoms with Crippen LogP contribution in [0.1, 0.15) is 51.2 Å². The third-order valence-electron chi connectivity index (χ3n) is 7.93. The van der Waals surface area contributed by atoms with Gasteiger partial charge in [0.05, 0.1) is 36.8 Å². The minimum Gasteiger partial charge on any atom is -0.462 e. The molecule has 1 aromatic carbocycles. The van der Waals surface area contributed by atoms with Gasteiger partial charge < -0.3 is 20.2 Å². The SMILES string of the molecule is N/N=C\N(N)c1ccc2c(n1)CCC2C(=O)N1CCN2CC(c3ccc4c(c3)CCOC4=O)OCC2C1. The Bertz CT molecular complexity index is 1250. The van der Waals surface area contributed by atoms with E-state index in [4.69, 9.17) is 21.2 Å². The van der Waals surface area contributed by atoms with Crippen LogP contribution in [-0.4, -0.2) is 78.4 Å². The zero-order valence-corrected chi connectivity index (χ0v) is 20.6. The number of cyclic esters (lactones) is 1. The van der Waals surface area contributed by atoms with Crippen LogP contribution in [0, 0.1) is 0 Å². The molecule has 0 bridgehead atoms. The lowest BCUT2D eigenvalue weighted by molar-refractivity contribution is -0.141. The number of piperazine rings is 1. The lowest BCUT2D eigenvalue weighted by Gasteiger charge is -2.46. The van der Waals surface area contributed by atoms with Crippen molar-refractivity contribution in [3.63, 3.8) is 0 Å². The van der Waals surface area contributed by atoms with Gasteiger partial charge in [0.15, 0.2) is 0 Å². The molecule has 3 atom stereocenters. The molecule has 2 fully saturated rings. The summed E-state index contributed by atoms with van der Waals surface area (Å²) in [6, 6.07) is 9.82. The van der Waals surface area contributed by atoms with E-state index in [1.54, 1.807) is 6.07 Å². The molecule has 4 heterocycles. The van der Waals surface area contributed by atoms with E-state index in [1.807, 2.05) is 23.1 Å². The standard InChI is InChI=1S/C26H31N7O4/c27-29-15-33(28)24-6-4-20-21(3-5-22(20)30-24)25(34)32-9-8-31-13-23(37-14-18(31)12-32)17-1-2-19-16(11-17)7-10-36-26(19)35/h1-2,4,6,11,15,18,21,23H,3,5,7-10,12-14,27-28H2/b29-15-. The number of carbonyl (C=O) groups excluding carboxylic acids is 2. The van der Waals surface area contributed by atoms with E-state index in [1.165, 1.54) is 11.3 Å². The summed E-state index contributed by atoms with van der Waals surface area (Å²) in [7, 11) is 0. The van der Waals surface area contributed by atoms with Crippen LogP contribution >= 0.6 is 0 Å². The number of rotatable bonds is 4. The Kier molecular flexibility index (Phi) is 6.27. The molecule has 1 aliphatic carbocycles. The van der Waals surface area contributed by atoms with Gasteiger partial charge in [0, 0.05) is 38.3 Å². The molecule has 194 valence electrons. The van der Waals surface area contributed by atoms with Crippen molar-refractivity contribution in [2.75, 3.05) is 44.4 Å². The molecule has 1 aromatic heterocycles. The van der Waals surface area contributed by atoms with Gasteiger partial charge in [0.2, 0.25) is 5.91 Å². The lowest BCUT2D eigenvalue weighted by atomic mass is 9.96. The third-order valence-corrected chi connectivity index (χ3v) is 7.93. The molecular formula is C26H31N7O4. The fraction of sp³-hybridized carbons (Fsp3) is 0.462. The Labute approximate surface area is 215 Å². The third kappa shape index (κ3) is 4.43. The highest BCUT2D eigenvalue weighted by Crippen LogP contribution is 2.36. The minimum atomic E-state index is -0.248. The van der Waals surface area contributed by atoms with E-state index in [0.29, 0.717) is 37.7 Å². The number of amides is 1. The number of aromatic nitrogens is 1. The van der Waals surface area contributed by atoms with Crippen LogP contribution in [0.2, 0.25) is 0 Å². The van der Waals surface area contributed by atoms with Crippen molar-refractivity contribution in [3.8, 4) is 0 Å². The molecule has 2 saturated heterocycles. The van der Waals surface area contributed by atoms with E-state index in [-0.39, 0.29) is 29.9 Å². The number of hydrazine groups is 1. The Morgan fingerprint density at radius 2 is 2.08 bits per heavy atom. The number of carbonyl (C=O) groups is 2. The Balaban J connectivity index is 1.09. The average molecular weight is 506 g/mol. The number of nitrogens with zero attached hydrogens (tertiary/aromatic N) is 5. The fourth-order valence-corrected chi connectivity index (χ4v) is 5.94. The monoisotopic (exact) mass is 505 g/mol. The Morgan fingerprint density at radius 1 is 1.19 bits per heavy atom. The second kappa shape index (κ2) is 9.73. The zero-order chi connectivity index (χ0) is 25.5. The van der Waals surface area contributed by atoms with Crippen LogP contribution in [0.4, 0.5) is 5.82 Å². The van der Waals surface area contributed by atoms with Crippen LogP contribution in [0.3, 0.4) is 0 Å². The number of pyridine rings is 1. The number of hydrogen-bond acceptors (Lipinski definition) is 9. The summed E-state index contributed by atoms with van der Waals surface area (Å²) in [6.07, 6.45) is 3.47. The number of esters is 1. The quantitative estimate of drug-likeness (QED) is 0.202. The first-order chi connectivity index (χ1) is 18.0. The largest absolute Gasteiger partial charge is 0.462 e. The smallest absolute Gasteiger partial charge is 0.338 e. The second-order valence-corrected chi connectivity index (χ2v) is 10.0. The number of aryl methyl sites for hydroxylation is 1. The molecule has 4 aliphatic rings. The second-order valence-electron chi connectivity index (χ2n) is 10.0. The molecule has 0 radical (unpaired) electrons. The molecule has 4 N–H and O–H groups in total. The van der Waals surface area contributed by atoms with Gasteiger partial charge in [0.1, 0.15) is 12.2 Å². The van der Waals surface area contributed by atoms with E-state index in [2.05, 4.69) is 21.1 Å². The van der Waals surface area contributed by atoms with Gasteiger partial charge in [-0.05, 0) is 41.7 Å². The van der Waals surface area contributed by atoms with E-state index < -0.39 is 0 Å². The summed E-state index contributed by atoms with van der Waals surface area (Å²) in [4.78, 5) is 34.5. The summed E-state index contributed by atoms with van der Waals surface area (Å²) >= 11 is 0. The number of hydrazone groups is 1. The van der Waals surface area contributed by atoms with Crippen molar-refractivity contribution in [2.24, 2.45) is 16.8 Å². The zero-order valence-electron chi connectivity index (χ0n) is 20.6. The summed E-state index contributed by atoms with van der Waals surface area (Å²) < 4.78 is 11.4. The first-order valence-electron chi connectivity index (χ1n) is 12.7. The first-order valence-corrected chi connectivity index (χ1v) is 12.7. The van der Waals surface area contributed by atoms with Crippen molar-refractivity contribution < 1.29 is 19.1 Å². The molecule has 3 unspecified atom stereocenters. The number of hydrogen-bond donors (Lipinski definition) is 2. The van der Waals surface area contributed by atoms with Gasteiger partial charge in [-0.25, -0.2) is 20.6 Å².